The first-order valence-electron chi connectivity index (χ1n) is 10.7. The Bertz CT molecular complexity index is 827. The summed E-state index contributed by atoms with van der Waals surface area (Å²) < 4.78 is 6.10. The van der Waals surface area contributed by atoms with E-state index in [0.717, 1.165) is 29.7 Å². The van der Waals surface area contributed by atoms with Crippen molar-refractivity contribution in [3.05, 3.63) is 64.2 Å². The fraction of sp³-hybridized carbons (Fsp3) is 0.480. The lowest BCUT2D eigenvalue weighted by Crippen LogP contribution is -2.40. The van der Waals surface area contributed by atoms with E-state index in [-0.39, 0.29) is 11.9 Å². The van der Waals surface area contributed by atoms with Crippen molar-refractivity contribution in [3.8, 4) is 5.75 Å². The van der Waals surface area contributed by atoms with E-state index >= 15 is 0 Å². The number of benzene rings is 2. The second kappa shape index (κ2) is 9.27. The maximum absolute atomic E-state index is 13.0. The fourth-order valence-corrected chi connectivity index (χ4v) is 3.97. The van der Waals surface area contributed by atoms with Crippen LogP contribution in [0.15, 0.2) is 36.4 Å². The van der Waals surface area contributed by atoms with Gasteiger partial charge in [0.2, 0.25) is 0 Å². The van der Waals surface area contributed by atoms with Crippen molar-refractivity contribution in [1.29, 1.82) is 0 Å². The van der Waals surface area contributed by atoms with Crippen LogP contribution in [0.1, 0.15) is 73.4 Å². The predicted octanol–water partition coefficient (Wildman–Crippen LogP) is 5.61. The molecule has 0 spiro atoms. The highest BCUT2D eigenvalue weighted by Crippen LogP contribution is 2.27. The van der Waals surface area contributed by atoms with E-state index in [1.54, 1.807) is 0 Å². The van der Waals surface area contributed by atoms with Crippen molar-refractivity contribution in [1.82, 2.24) is 5.32 Å². The summed E-state index contributed by atoms with van der Waals surface area (Å²) in [5, 5.41) is 3.23. The summed E-state index contributed by atoms with van der Waals surface area (Å²) in [4.78, 5) is 13.0. The maximum Gasteiger partial charge on any atom is 0.261 e. The zero-order valence-electron chi connectivity index (χ0n) is 17.7. The van der Waals surface area contributed by atoms with Gasteiger partial charge in [-0.1, -0.05) is 44.2 Å². The number of fused-ring (bicyclic) bond motifs is 1. The number of ether oxygens (including phenoxy) is 1. The molecule has 150 valence electrons. The summed E-state index contributed by atoms with van der Waals surface area (Å²) in [7, 11) is 0. The predicted molar refractivity (Wildman–Crippen MR) is 115 cm³/mol. The Morgan fingerprint density at radius 3 is 2.46 bits per heavy atom. The average Bonchev–Trinajstić information content (AvgIpc) is 2.72. The Balaban J connectivity index is 1.72. The quantitative estimate of drug-likeness (QED) is 0.679. The molecule has 0 radical (unpaired) electrons. The zero-order chi connectivity index (χ0) is 20.1. The molecule has 1 amide bonds. The third-order valence-electron chi connectivity index (χ3n) is 5.78. The molecule has 0 saturated heterocycles. The van der Waals surface area contributed by atoms with E-state index in [2.05, 4.69) is 36.5 Å². The molecule has 3 heteroatoms. The van der Waals surface area contributed by atoms with Crippen molar-refractivity contribution in [2.75, 3.05) is 0 Å². The Morgan fingerprint density at radius 1 is 1.00 bits per heavy atom. The molecule has 2 atom stereocenters. The third kappa shape index (κ3) is 4.76. The monoisotopic (exact) mass is 379 g/mol. The van der Waals surface area contributed by atoms with E-state index in [9.17, 15) is 4.79 Å². The Hall–Kier alpha value is -2.29. The number of carbonyl (C=O) groups excluding carboxylic acids is 1. The van der Waals surface area contributed by atoms with Gasteiger partial charge in [0.15, 0.2) is 6.10 Å². The fourth-order valence-electron chi connectivity index (χ4n) is 3.97. The standard InChI is InChI=1S/C25H33NO2/c1-5-22(21-14-13-19-9-7-8-10-20(19)16-21)26-25(27)23(6-2)28-24-15-17(3)11-12-18(24)4/h11-16,22-23H,5-10H2,1-4H3,(H,26,27)/t22-,23-/m0/s1. The largest absolute Gasteiger partial charge is 0.480 e. The van der Waals surface area contributed by atoms with Crippen molar-refractivity contribution in [2.24, 2.45) is 0 Å². The molecule has 0 heterocycles. The van der Waals surface area contributed by atoms with E-state index in [4.69, 9.17) is 4.74 Å². The highest BCUT2D eigenvalue weighted by atomic mass is 16.5. The molecule has 0 bridgehead atoms. The summed E-state index contributed by atoms with van der Waals surface area (Å²) in [5.74, 6) is 0.761. The summed E-state index contributed by atoms with van der Waals surface area (Å²) in [6, 6.07) is 12.9. The van der Waals surface area contributed by atoms with Gasteiger partial charge in [0, 0.05) is 0 Å². The summed E-state index contributed by atoms with van der Waals surface area (Å²) in [6.07, 6.45) is 5.91. The Morgan fingerprint density at radius 2 is 1.75 bits per heavy atom. The van der Waals surface area contributed by atoms with E-state index < -0.39 is 6.10 Å². The van der Waals surface area contributed by atoms with Gasteiger partial charge in [0.25, 0.3) is 5.91 Å². The second-order valence-electron chi connectivity index (χ2n) is 7.99. The Labute approximate surface area is 169 Å². The first kappa shape index (κ1) is 20.4. The van der Waals surface area contributed by atoms with Gasteiger partial charge in [-0.05, 0) is 86.3 Å². The molecule has 0 fully saturated rings. The topological polar surface area (TPSA) is 38.3 Å². The minimum absolute atomic E-state index is 0.0241. The van der Waals surface area contributed by atoms with Gasteiger partial charge >= 0.3 is 0 Å². The first-order chi connectivity index (χ1) is 13.5. The van der Waals surface area contributed by atoms with Crippen LogP contribution in [0.5, 0.6) is 5.75 Å². The second-order valence-corrected chi connectivity index (χ2v) is 7.99. The van der Waals surface area contributed by atoms with Crippen LogP contribution in [0, 0.1) is 13.8 Å². The molecule has 0 saturated carbocycles. The molecular formula is C25H33NO2. The minimum Gasteiger partial charge on any atom is -0.480 e. The van der Waals surface area contributed by atoms with Crippen LogP contribution in [-0.2, 0) is 17.6 Å². The molecule has 0 aromatic heterocycles. The normalized spacial score (nSPS) is 15.4. The van der Waals surface area contributed by atoms with Crippen molar-refractivity contribution >= 4 is 5.91 Å². The van der Waals surface area contributed by atoms with Crippen LogP contribution in [0.3, 0.4) is 0 Å². The van der Waals surface area contributed by atoms with Gasteiger partial charge in [-0.3, -0.25) is 4.79 Å². The van der Waals surface area contributed by atoms with Gasteiger partial charge in [-0.25, -0.2) is 0 Å². The van der Waals surface area contributed by atoms with E-state index in [1.807, 2.05) is 32.9 Å². The molecule has 2 aromatic carbocycles. The van der Waals surface area contributed by atoms with Crippen LogP contribution in [0.25, 0.3) is 0 Å². The molecule has 0 unspecified atom stereocenters. The summed E-state index contributed by atoms with van der Waals surface area (Å²) in [5.41, 5.74) is 6.32. The maximum atomic E-state index is 13.0. The molecule has 2 aromatic rings. The molecule has 3 nitrogen and oxygen atoms in total. The van der Waals surface area contributed by atoms with Gasteiger partial charge in [-0.15, -0.1) is 0 Å². The van der Waals surface area contributed by atoms with E-state index in [0.29, 0.717) is 6.42 Å². The highest BCUT2D eigenvalue weighted by Gasteiger charge is 2.23. The number of carbonyl (C=O) groups is 1. The average molecular weight is 380 g/mol. The molecule has 1 N–H and O–H groups in total. The number of aryl methyl sites for hydroxylation is 4. The van der Waals surface area contributed by atoms with Crippen molar-refractivity contribution < 1.29 is 9.53 Å². The third-order valence-corrected chi connectivity index (χ3v) is 5.78. The number of hydrogen-bond acceptors (Lipinski definition) is 2. The van der Waals surface area contributed by atoms with Crippen molar-refractivity contribution in [2.45, 2.75) is 78.4 Å². The van der Waals surface area contributed by atoms with Gasteiger partial charge in [-0.2, -0.15) is 0 Å². The molecule has 0 aliphatic heterocycles. The lowest BCUT2D eigenvalue weighted by atomic mass is 9.88. The van der Waals surface area contributed by atoms with Gasteiger partial charge < -0.3 is 10.1 Å². The SMILES string of the molecule is CC[C@H](Oc1cc(C)ccc1C)C(=O)N[C@@H](CC)c1ccc2c(c1)CCCC2. The summed E-state index contributed by atoms with van der Waals surface area (Å²) >= 11 is 0. The lowest BCUT2D eigenvalue weighted by molar-refractivity contribution is -0.129. The molecular weight excluding hydrogens is 346 g/mol. The van der Waals surface area contributed by atoms with Gasteiger partial charge in [0.1, 0.15) is 5.75 Å². The first-order valence-corrected chi connectivity index (χ1v) is 10.7. The van der Waals surface area contributed by atoms with Crippen LogP contribution in [-0.4, -0.2) is 12.0 Å². The lowest BCUT2D eigenvalue weighted by Gasteiger charge is -2.24. The number of hydrogen-bond donors (Lipinski definition) is 1. The van der Waals surface area contributed by atoms with Gasteiger partial charge in [0.05, 0.1) is 6.04 Å². The van der Waals surface area contributed by atoms with Crippen LogP contribution >= 0.6 is 0 Å². The molecule has 1 aliphatic rings. The van der Waals surface area contributed by atoms with Crippen LogP contribution < -0.4 is 10.1 Å². The highest BCUT2D eigenvalue weighted by molar-refractivity contribution is 5.81. The van der Waals surface area contributed by atoms with Crippen molar-refractivity contribution in [3.63, 3.8) is 0 Å². The number of nitrogens with one attached hydrogen (secondary N) is 1. The number of amides is 1. The molecule has 28 heavy (non-hydrogen) atoms. The van der Waals surface area contributed by atoms with E-state index in [1.165, 1.54) is 36.0 Å². The Kier molecular flexibility index (Phi) is 6.77. The molecule has 3 rings (SSSR count). The smallest absolute Gasteiger partial charge is 0.261 e. The molecule has 1 aliphatic carbocycles. The summed E-state index contributed by atoms with van der Waals surface area (Å²) in [6.45, 7) is 8.17. The van der Waals surface area contributed by atoms with Crippen LogP contribution in [0.2, 0.25) is 0 Å². The minimum atomic E-state index is -0.479. The zero-order valence-corrected chi connectivity index (χ0v) is 17.7. The van der Waals surface area contributed by atoms with Crippen LogP contribution in [0.4, 0.5) is 0 Å². The number of rotatable bonds is 7.